The molecule has 1 amide bonds. The molecular weight excluding hydrogens is 319 g/mol. The van der Waals surface area contributed by atoms with Crippen molar-refractivity contribution >= 4 is 17.5 Å². The van der Waals surface area contributed by atoms with Gasteiger partial charge in [-0.2, -0.15) is 0 Å². The highest BCUT2D eigenvalue weighted by atomic mass is 35.5. The van der Waals surface area contributed by atoms with Gasteiger partial charge in [0.2, 0.25) is 5.91 Å². The summed E-state index contributed by atoms with van der Waals surface area (Å²) in [6.07, 6.45) is 4.10. The van der Waals surface area contributed by atoms with Crippen LogP contribution in [0.15, 0.2) is 36.8 Å². The highest BCUT2D eigenvalue weighted by Gasteiger charge is 2.29. The molecule has 23 heavy (non-hydrogen) atoms. The van der Waals surface area contributed by atoms with Crippen LogP contribution in [0, 0.1) is 0 Å². The van der Waals surface area contributed by atoms with Crippen LogP contribution in [0.5, 0.6) is 0 Å². The molecule has 0 spiro atoms. The van der Waals surface area contributed by atoms with Gasteiger partial charge in [-0.3, -0.25) is 14.8 Å². The Hall–Kier alpha value is -2.05. The van der Waals surface area contributed by atoms with Crippen molar-refractivity contribution in [3.8, 4) is 11.3 Å². The Morgan fingerprint density at radius 1 is 1.43 bits per heavy atom. The lowest BCUT2D eigenvalue weighted by atomic mass is 10.0. The number of halogens is 2. The maximum Gasteiger partial charge on any atom is 0.237 e. The number of hydrogen-bond acceptors (Lipinski definition) is 4. The van der Waals surface area contributed by atoms with E-state index >= 15 is 0 Å². The van der Waals surface area contributed by atoms with Crippen LogP contribution in [0.4, 0.5) is 4.39 Å². The molecule has 1 aliphatic heterocycles. The number of alkyl halides is 1. The van der Waals surface area contributed by atoms with E-state index in [2.05, 4.69) is 20.6 Å². The first kappa shape index (κ1) is 15.8. The molecule has 0 aliphatic carbocycles. The van der Waals surface area contributed by atoms with Crippen molar-refractivity contribution in [3.05, 3.63) is 47.4 Å². The van der Waals surface area contributed by atoms with Crippen LogP contribution in [0.3, 0.4) is 0 Å². The Morgan fingerprint density at radius 2 is 2.30 bits per heavy atom. The van der Waals surface area contributed by atoms with Crippen LogP contribution in [0.25, 0.3) is 11.3 Å². The SMILES string of the molecule is O=C(NCc1cc(Cl)ccc1-c1cnccn1)[C@@H]1C[C@@H](F)CN1. The first-order chi connectivity index (χ1) is 11.1. The highest BCUT2D eigenvalue weighted by molar-refractivity contribution is 6.30. The summed E-state index contributed by atoms with van der Waals surface area (Å²) in [5.41, 5.74) is 2.39. The van der Waals surface area contributed by atoms with Gasteiger partial charge in [0.1, 0.15) is 6.17 Å². The number of carbonyl (C=O) groups is 1. The summed E-state index contributed by atoms with van der Waals surface area (Å²) >= 11 is 6.06. The number of carbonyl (C=O) groups excluding carboxylic acids is 1. The molecule has 1 fully saturated rings. The van der Waals surface area contributed by atoms with E-state index in [0.29, 0.717) is 17.3 Å². The molecule has 0 bridgehead atoms. The monoisotopic (exact) mass is 334 g/mol. The fourth-order valence-corrected chi connectivity index (χ4v) is 2.79. The summed E-state index contributed by atoms with van der Waals surface area (Å²) in [6.45, 7) is 0.514. The van der Waals surface area contributed by atoms with Crippen molar-refractivity contribution in [2.45, 2.75) is 25.2 Å². The first-order valence-corrected chi connectivity index (χ1v) is 7.71. The molecule has 120 valence electrons. The second kappa shape index (κ2) is 7.02. The van der Waals surface area contributed by atoms with Gasteiger partial charge in [-0.05, 0) is 17.7 Å². The lowest BCUT2D eigenvalue weighted by Crippen LogP contribution is -2.40. The molecule has 0 saturated carbocycles. The van der Waals surface area contributed by atoms with Crippen LogP contribution >= 0.6 is 11.6 Å². The maximum atomic E-state index is 13.2. The molecule has 0 radical (unpaired) electrons. The standard InChI is InChI=1S/C16H16ClFN4O/c17-11-1-2-13(15-9-19-3-4-20-15)10(5-11)7-22-16(23)14-6-12(18)8-21-14/h1-5,9,12,14,21H,6-8H2,(H,22,23)/t12-,14+/m1/s1. The van der Waals surface area contributed by atoms with Crippen molar-refractivity contribution in [2.75, 3.05) is 6.54 Å². The minimum Gasteiger partial charge on any atom is -0.351 e. The van der Waals surface area contributed by atoms with Gasteiger partial charge >= 0.3 is 0 Å². The lowest BCUT2D eigenvalue weighted by Gasteiger charge is -2.13. The van der Waals surface area contributed by atoms with Gasteiger partial charge in [0, 0.05) is 42.5 Å². The van der Waals surface area contributed by atoms with Gasteiger partial charge < -0.3 is 10.6 Å². The minimum absolute atomic E-state index is 0.207. The molecule has 3 rings (SSSR count). The van der Waals surface area contributed by atoms with Crippen LogP contribution in [0.2, 0.25) is 5.02 Å². The molecule has 0 unspecified atom stereocenters. The molecule has 7 heteroatoms. The zero-order valence-corrected chi connectivity index (χ0v) is 13.1. The summed E-state index contributed by atoms with van der Waals surface area (Å²) in [5.74, 6) is -0.213. The van der Waals surface area contributed by atoms with Crippen LogP contribution < -0.4 is 10.6 Å². The zero-order chi connectivity index (χ0) is 16.2. The fourth-order valence-electron chi connectivity index (χ4n) is 2.59. The predicted octanol–water partition coefficient (Wildman–Crippen LogP) is 2.11. The third kappa shape index (κ3) is 3.83. The van der Waals surface area contributed by atoms with Crippen molar-refractivity contribution in [2.24, 2.45) is 0 Å². The fraction of sp³-hybridized carbons (Fsp3) is 0.312. The second-order valence-corrected chi connectivity index (χ2v) is 5.84. The molecule has 2 heterocycles. The smallest absolute Gasteiger partial charge is 0.237 e. The Kier molecular flexibility index (Phi) is 4.83. The molecular formula is C16H16ClFN4O. The largest absolute Gasteiger partial charge is 0.351 e. The van der Waals surface area contributed by atoms with Crippen LogP contribution in [-0.2, 0) is 11.3 Å². The van der Waals surface area contributed by atoms with E-state index in [4.69, 9.17) is 11.6 Å². The molecule has 2 aromatic rings. The number of nitrogens with zero attached hydrogens (tertiary/aromatic N) is 2. The molecule has 1 saturated heterocycles. The van der Waals surface area contributed by atoms with E-state index in [1.165, 1.54) is 0 Å². The first-order valence-electron chi connectivity index (χ1n) is 7.33. The Balaban J connectivity index is 1.74. The zero-order valence-electron chi connectivity index (χ0n) is 12.3. The van der Waals surface area contributed by atoms with E-state index in [0.717, 1.165) is 11.1 Å². The van der Waals surface area contributed by atoms with Gasteiger partial charge in [-0.25, -0.2) is 4.39 Å². The molecule has 2 atom stereocenters. The number of amides is 1. The van der Waals surface area contributed by atoms with Gasteiger partial charge in [0.25, 0.3) is 0 Å². The Labute approximate surface area is 138 Å². The molecule has 5 nitrogen and oxygen atoms in total. The van der Waals surface area contributed by atoms with Crippen LogP contribution in [-0.4, -0.2) is 34.6 Å². The predicted molar refractivity (Wildman–Crippen MR) is 85.6 cm³/mol. The third-order valence-electron chi connectivity index (χ3n) is 3.75. The highest BCUT2D eigenvalue weighted by Crippen LogP contribution is 2.24. The Morgan fingerprint density at radius 3 is 3.00 bits per heavy atom. The molecule has 2 N–H and O–H groups in total. The third-order valence-corrected chi connectivity index (χ3v) is 3.99. The van der Waals surface area contributed by atoms with E-state index in [9.17, 15) is 9.18 Å². The summed E-state index contributed by atoms with van der Waals surface area (Å²) in [5, 5.41) is 6.26. The van der Waals surface area contributed by atoms with E-state index in [1.807, 2.05) is 6.07 Å². The number of benzene rings is 1. The number of rotatable bonds is 4. The van der Waals surface area contributed by atoms with E-state index in [-0.39, 0.29) is 18.9 Å². The van der Waals surface area contributed by atoms with Crippen molar-refractivity contribution < 1.29 is 9.18 Å². The number of hydrogen-bond donors (Lipinski definition) is 2. The normalized spacial score (nSPS) is 20.4. The summed E-state index contributed by atoms with van der Waals surface area (Å²) in [4.78, 5) is 20.4. The van der Waals surface area contributed by atoms with E-state index in [1.54, 1.807) is 30.7 Å². The summed E-state index contributed by atoms with van der Waals surface area (Å²) in [6, 6.07) is 4.91. The molecule has 1 aromatic heterocycles. The number of aromatic nitrogens is 2. The van der Waals surface area contributed by atoms with Crippen molar-refractivity contribution in [3.63, 3.8) is 0 Å². The van der Waals surface area contributed by atoms with Crippen LogP contribution in [0.1, 0.15) is 12.0 Å². The van der Waals surface area contributed by atoms with Crippen molar-refractivity contribution in [1.82, 2.24) is 20.6 Å². The van der Waals surface area contributed by atoms with Gasteiger partial charge in [-0.15, -0.1) is 0 Å². The molecule has 1 aliphatic rings. The average Bonchev–Trinajstić information content (AvgIpc) is 3.00. The maximum absolute atomic E-state index is 13.2. The van der Waals surface area contributed by atoms with Gasteiger partial charge in [0.05, 0.1) is 17.9 Å². The topological polar surface area (TPSA) is 66.9 Å². The van der Waals surface area contributed by atoms with Gasteiger partial charge in [-0.1, -0.05) is 17.7 Å². The Bertz CT molecular complexity index is 698. The summed E-state index contributed by atoms with van der Waals surface area (Å²) in [7, 11) is 0. The second-order valence-electron chi connectivity index (χ2n) is 5.40. The van der Waals surface area contributed by atoms with Gasteiger partial charge in [0.15, 0.2) is 0 Å². The lowest BCUT2D eigenvalue weighted by molar-refractivity contribution is -0.123. The van der Waals surface area contributed by atoms with E-state index < -0.39 is 12.2 Å². The summed E-state index contributed by atoms with van der Waals surface area (Å²) < 4.78 is 13.2. The minimum atomic E-state index is -0.966. The number of nitrogens with one attached hydrogen (secondary N) is 2. The molecule has 1 aromatic carbocycles. The quantitative estimate of drug-likeness (QED) is 0.898. The van der Waals surface area contributed by atoms with Crippen molar-refractivity contribution in [1.29, 1.82) is 0 Å². The average molecular weight is 335 g/mol.